The van der Waals surface area contributed by atoms with E-state index in [0.717, 1.165) is 27.1 Å². The Morgan fingerprint density at radius 3 is 2.71 bits per heavy atom. The topological polar surface area (TPSA) is 18.5 Å². The molecule has 0 amide bonds. The molecule has 3 rings (SSSR count). The lowest BCUT2D eigenvalue weighted by Crippen LogP contribution is -2.32. The predicted octanol–water partition coefficient (Wildman–Crippen LogP) is 4.45. The number of benzene rings is 1. The zero-order chi connectivity index (χ0) is 12.0. The molecular formula is C11H9BrCl2O2S. The zero-order valence-electron chi connectivity index (χ0n) is 8.76. The van der Waals surface area contributed by atoms with Gasteiger partial charge in [-0.1, -0.05) is 23.2 Å². The van der Waals surface area contributed by atoms with Gasteiger partial charge in [0.15, 0.2) is 5.79 Å². The van der Waals surface area contributed by atoms with Crippen LogP contribution in [0.25, 0.3) is 0 Å². The standard InChI is InChI=1S/C11H9BrCl2O2S/c12-6-5-7(13)10-8(9(6)14)11(1-4-17-10)15-2-3-16-11/h5H,1-4H2. The minimum absolute atomic E-state index is 0.602. The van der Waals surface area contributed by atoms with Crippen LogP contribution in [0, 0.1) is 0 Å². The van der Waals surface area contributed by atoms with Crippen LogP contribution in [-0.2, 0) is 15.3 Å². The summed E-state index contributed by atoms with van der Waals surface area (Å²) in [7, 11) is 0. The second-order valence-corrected chi connectivity index (χ2v) is 6.65. The van der Waals surface area contributed by atoms with Crippen molar-refractivity contribution in [3.05, 3.63) is 26.1 Å². The summed E-state index contributed by atoms with van der Waals surface area (Å²) in [5, 5.41) is 1.33. The molecule has 0 aliphatic carbocycles. The third-order valence-electron chi connectivity index (χ3n) is 2.94. The predicted molar refractivity (Wildman–Crippen MR) is 73.1 cm³/mol. The number of hydrogen-bond donors (Lipinski definition) is 0. The average molecular weight is 356 g/mol. The van der Waals surface area contributed by atoms with Gasteiger partial charge in [0.2, 0.25) is 0 Å². The Morgan fingerprint density at radius 2 is 2.00 bits per heavy atom. The van der Waals surface area contributed by atoms with Crippen LogP contribution in [-0.4, -0.2) is 19.0 Å². The molecule has 0 aromatic heterocycles. The van der Waals surface area contributed by atoms with Crippen LogP contribution in [0.5, 0.6) is 0 Å². The molecule has 2 nitrogen and oxygen atoms in total. The normalized spacial score (nSPS) is 21.8. The largest absolute Gasteiger partial charge is 0.343 e. The van der Waals surface area contributed by atoms with Crippen molar-refractivity contribution < 1.29 is 9.47 Å². The number of halogens is 3. The fraction of sp³-hybridized carbons (Fsp3) is 0.455. The second kappa shape index (κ2) is 4.58. The van der Waals surface area contributed by atoms with Crippen molar-refractivity contribution in [3.8, 4) is 0 Å². The van der Waals surface area contributed by atoms with Gasteiger partial charge in [-0.15, -0.1) is 11.8 Å². The number of thioether (sulfide) groups is 1. The molecule has 92 valence electrons. The molecule has 0 unspecified atom stereocenters. The summed E-state index contributed by atoms with van der Waals surface area (Å²) in [6.45, 7) is 1.20. The second-order valence-electron chi connectivity index (χ2n) is 3.91. The van der Waals surface area contributed by atoms with E-state index in [2.05, 4.69) is 15.9 Å². The molecule has 1 spiro atoms. The van der Waals surface area contributed by atoms with Gasteiger partial charge in [0.1, 0.15) is 0 Å². The van der Waals surface area contributed by atoms with E-state index in [1.54, 1.807) is 11.8 Å². The summed E-state index contributed by atoms with van der Waals surface area (Å²) < 4.78 is 12.4. The minimum Gasteiger partial charge on any atom is -0.343 e. The molecule has 0 bridgehead atoms. The van der Waals surface area contributed by atoms with Crippen LogP contribution in [0.3, 0.4) is 0 Å². The Kier molecular flexibility index (Phi) is 3.39. The summed E-state index contributed by atoms with van der Waals surface area (Å²) >= 11 is 17.8. The van der Waals surface area contributed by atoms with Gasteiger partial charge >= 0.3 is 0 Å². The zero-order valence-corrected chi connectivity index (χ0v) is 12.7. The van der Waals surface area contributed by atoms with Gasteiger partial charge in [-0.2, -0.15) is 0 Å². The third kappa shape index (κ3) is 1.94. The molecule has 2 aliphatic rings. The number of fused-ring (bicyclic) bond motifs is 2. The molecule has 2 heterocycles. The smallest absolute Gasteiger partial charge is 0.198 e. The highest BCUT2D eigenvalue weighted by Crippen LogP contribution is 2.52. The van der Waals surface area contributed by atoms with Crippen LogP contribution in [0.15, 0.2) is 15.4 Å². The summed E-state index contributed by atoms with van der Waals surface area (Å²) in [5.41, 5.74) is 0.882. The van der Waals surface area contributed by atoms with Crippen molar-refractivity contribution in [1.29, 1.82) is 0 Å². The van der Waals surface area contributed by atoms with Gasteiger partial charge < -0.3 is 9.47 Å². The third-order valence-corrected chi connectivity index (χ3v) is 5.72. The molecule has 1 aromatic carbocycles. The molecule has 0 saturated carbocycles. The summed E-state index contributed by atoms with van der Waals surface area (Å²) in [5.74, 6) is 0.232. The Bertz CT molecular complexity index is 475. The Morgan fingerprint density at radius 1 is 1.29 bits per heavy atom. The van der Waals surface area contributed by atoms with Crippen molar-refractivity contribution in [3.63, 3.8) is 0 Å². The lowest BCUT2D eigenvalue weighted by Gasteiger charge is -2.34. The fourth-order valence-corrected chi connectivity index (χ4v) is 4.66. The van der Waals surface area contributed by atoms with Gasteiger partial charge in [-0.25, -0.2) is 0 Å². The maximum Gasteiger partial charge on any atom is 0.198 e. The molecule has 17 heavy (non-hydrogen) atoms. The van der Waals surface area contributed by atoms with E-state index in [1.165, 1.54) is 0 Å². The maximum absolute atomic E-state index is 6.37. The molecule has 0 N–H and O–H groups in total. The van der Waals surface area contributed by atoms with Crippen molar-refractivity contribution in [2.24, 2.45) is 0 Å². The van der Waals surface area contributed by atoms with Crippen LogP contribution < -0.4 is 0 Å². The quantitative estimate of drug-likeness (QED) is 0.640. The van der Waals surface area contributed by atoms with E-state index >= 15 is 0 Å². The molecule has 2 aliphatic heterocycles. The van der Waals surface area contributed by atoms with E-state index in [9.17, 15) is 0 Å². The summed E-state index contributed by atoms with van der Waals surface area (Å²) in [6.07, 6.45) is 0.803. The molecule has 1 saturated heterocycles. The highest BCUT2D eigenvalue weighted by molar-refractivity contribution is 9.10. The van der Waals surface area contributed by atoms with Gasteiger partial charge in [0.25, 0.3) is 0 Å². The van der Waals surface area contributed by atoms with Gasteiger partial charge in [0.05, 0.1) is 23.3 Å². The molecular weight excluding hydrogens is 347 g/mol. The fourth-order valence-electron chi connectivity index (χ4n) is 2.22. The first-order chi connectivity index (χ1) is 8.14. The highest BCUT2D eigenvalue weighted by atomic mass is 79.9. The molecule has 1 fully saturated rings. The van der Waals surface area contributed by atoms with E-state index in [0.29, 0.717) is 23.3 Å². The van der Waals surface area contributed by atoms with Crippen molar-refractivity contribution in [2.45, 2.75) is 17.1 Å². The van der Waals surface area contributed by atoms with Gasteiger partial charge in [0, 0.05) is 27.1 Å². The van der Waals surface area contributed by atoms with Crippen LogP contribution in [0.1, 0.15) is 12.0 Å². The van der Waals surface area contributed by atoms with Crippen LogP contribution in [0.4, 0.5) is 0 Å². The molecule has 0 radical (unpaired) electrons. The van der Waals surface area contributed by atoms with Crippen molar-refractivity contribution in [2.75, 3.05) is 19.0 Å². The van der Waals surface area contributed by atoms with E-state index in [-0.39, 0.29) is 0 Å². The summed E-state index contributed by atoms with van der Waals surface area (Å²) in [6, 6.07) is 1.82. The van der Waals surface area contributed by atoms with E-state index in [4.69, 9.17) is 32.7 Å². The Hall–Kier alpha value is 0.550. The van der Waals surface area contributed by atoms with Crippen LogP contribution >= 0.6 is 50.9 Å². The monoisotopic (exact) mass is 354 g/mol. The SMILES string of the molecule is Clc1cc(Br)c(Cl)c2c1SCCC21OCCO1. The minimum atomic E-state index is -0.689. The number of ether oxygens (including phenoxy) is 2. The molecule has 6 heteroatoms. The molecule has 0 atom stereocenters. The lowest BCUT2D eigenvalue weighted by molar-refractivity contribution is -0.169. The van der Waals surface area contributed by atoms with Crippen molar-refractivity contribution >= 4 is 50.9 Å². The maximum atomic E-state index is 6.37. The van der Waals surface area contributed by atoms with Crippen LogP contribution in [0.2, 0.25) is 10.0 Å². The first-order valence-electron chi connectivity index (χ1n) is 5.23. The number of hydrogen-bond acceptors (Lipinski definition) is 3. The van der Waals surface area contributed by atoms with E-state index < -0.39 is 5.79 Å². The van der Waals surface area contributed by atoms with Gasteiger partial charge in [-0.05, 0) is 22.0 Å². The first kappa shape index (κ1) is 12.6. The summed E-state index contributed by atoms with van der Waals surface area (Å²) in [4.78, 5) is 0.980. The van der Waals surface area contributed by atoms with Crippen molar-refractivity contribution in [1.82, 2.24) is 0 Å². The molecule has 1 aromatic rings. The lowest BCUT2D eigenvalue weighted by atomic mass is 10.0. The van der Waals surface area contributed by atoms with Gasteiger partial charge in [-0.3, -0.25) is 0 Å². The first-order valence-corrected chi connectivity index (χ1v) is 7.76. The number of rotatable bonds is 0. The Balaban J connectivity index is 2.25. The highest BCUT2D eigenvalue weighted by Gasteiger charge is 2.45. The average Bonchev–Trinajstić information content (AvgIpc) is 2.75. The van der Waals surface area contributed by atoms with E-state index in [1.807, 2.05) is 6.07 Å². The Labute approximate surface area is 122 Å².